The first kappa shape index (κ1) is 46.2. The zero-order chi connectivity index (χ0) is 34.3. The van der Waals surface area contributed by atoms with Crippen molar-refractivity contribution in [1.82, 2.24) is 10.2 Å². The third kappa shape index (κ3) is 23.2. The normalized spacial score (nSPS) is 8.52. The quantitative estimate of drug-likeness (QED) is 0.121. The number of nitrogens with one attached hydrogen (secondary N) is 1. The van der Waals surface area contributed by atoms with Crippen molar-refractivity contribution in [3.8, 4) is 11.3 Å². The first-order valence-corrected chi connectivity index (χ1v) is 26.9. The number of carbonyl (C=O) groups is 4. The van der Waals surface area contributed by atoms with E-state index in [1.807, 2.05) is 108 Å². The van der Waals surface area contributed by atoms with Crippen LogP contribution in [0.3, 0.4) is 0 Å². The van der Waals surface area contributed by atoms with E-state index in [0.717, 1.165) is 16.8 Å². The molecule has 4 rings (SSSR count). The van der Waals surface area contributed by atoms with E-state index in [0.29, 0.717) is 24.5 Å². The number of H-pyrrole nitrogens is 1. The number of hydrogen-bond donors (Lipinski definition) is 1. The number of aromatic nitrogens is 2. The number of halogens is 3. The van der Waals surface area contributed by atoms with Gasteiger partial charge in [-0.2, -0.15) is 5.10 Å². The zero-order valence-electron chi connectivity index (χ0n) is 27.2. The van der Waals surface area contributed by atoms with Gasteiger partial charge in [-0.3, -0.25) is 24.3 Å². The van der Waals surface area contributed by atoms with Crippen LogP contribution in [0.2, 0.25) is 0 Å². The molecule has 0 unspecified atom stereocenters. The van der Waals surface area contributed by atoms with Crippen LogP contribution in [0.5, 0.6) is 0 Å². The molecule has 0 aliphatic carbocycles. The summed E-state index contributed by atoms with van der Waals surface area (Å²) in [6.07, 6.45) is 0.00398. The van der Waals surface area contributed by atoms with Crippen LogP contribution >= 0.6 is 37.2 Å². The monoisotopic (exact) mass is 939 g/mol. The van der Waals surface area contributed by atoms with E-state index in [-0.39, 0.29) is 29.6 Å². The zero-order valence-corrected chi connectivity index (χ0v) is 33.6. The average molecular weight is 939 g/mol. The molecule has 1 N–H and O–H groups in total. The number of Topliss-reactive ketones (excluding diaryl/α,β-unsaturated/α-hetero) is 4. The van der Waals surface area contributed by atoms with Crippen LogP contribution < -0.4 is 13.3 Å². The van der Waals surface area contributed by atoms with E-state index in [1.165, 1.54) is 13.8 Å². The summed E-state index contributed by atoms with van der Waals surface area (Å²) < 4.78 is 0. The molecule has 0 spiro atoms. The molecular weight excluding hydrogens is 893 g/mol. The maximum atomic E-state index is 11.2. The molecular formula is C35H46I3N2O4-. The van der Waals surface area contributed by atoms with Gasteiger partial charge in [0.25, 0.3) is 0 Å². The predicted molar refractivity (Wildman–Crippen MR) is 199 cm³/mol. The number of aromatic amines is 1. The van der Waals surface area contributed by atoms with Gasteiger partial charge >= 0.3 is 50.5 Å². The molecule has 0 saturated carbocycles. The third-order valence-electron chi connectivity index (χ3n) is 4.71. The van der Waals surface area contributed by atoms with Crippen LogP contribution in [-0.2, 0) is 4.79 Å². The Kier molecular flexibility index (Phi) is 33.7. The van der Waals surface area contributed by atoms with E-state index < -0.39 is 0 Å². The van der Waals surface area contributed by atoms with Crippen LogP contribution in [0.1, 0.15) is 99.9 Å². The summed E-state index contributed by atoms with van der Waals surface area (Å²) in [5.74, 6) is -0.0813. The fraction of sp³-hybridized carbons (Fsp3) is 0.286. The molecule has 4 aromatic rings. The number of ketones is 4. The minimum atomic E-state index is -0.108. The fourth-order valence-corrected chi connectivity index (χ4v) is 2.88. The molecule has 0 aliphatic heterocycles. The van der Waals surface area contributed by atoms with Gasteiger partial charge in [0.2, 0.25) is 0 Å². The molecule has 242 valence electrons. The molecule has 0 aliphatic rings. The maximum absolute atomic E-state index is 11.2. The van der Waals surface area contributed by atoms with E-state index in [2.05, 4.69) is 47.4 Å². The van der Waals surface area contributed by atoms with Gasteiger partial charge < -0.3 is 0 Å². The van der Waals surface area contributed by atoms with Gasteiger partial charge in [-0.25, -0.2) is 0 Å². The van der Waals surface area contributed by atoms with Gasteiger partial charge in [0, 0.05) is 23.6 Å². The van der Waals surface area contributed by atoms with Crippen molar-refractivity contribution >= 4 is 60.4 Å². The number of benzene rings is 3. The van der Waals surface area contributed by atoms with Gasteiger partial charge in [-0.05, 0) is 19.9 Å². The van der Waals surface area contributed by atoms with E-state index in [4.69, 9.17) is 0 Å². The van der Waals surface area contributed by atoms with Gasteiger partial charge in [-0.15, -0.1) is 0 Å². The molecule has 44 heavy (non-hydrogen) atoms. The Morgan fingerprint density at radius 2 is 1.02 bits per heavy atom. The van der Waals surface area contributed by atoms with Crippen LogP contribution in [0.15, 0.2) is 97.1 Å². The molecule has 3 aromatic carbocycles. The molecule has 0 radical (unpaired) electrons. The van der Waals surface area contributed by atoms with Crippen molar-refractivity contribution < 1.29 is 32.4 Å². The van der Waals surface area contributed by atoms with Gasteiger partial charge in [0.05, 0.1) is 12.1 Å². The molecule has 0 amide bonds. The third-order valence-corrected chi connectivity index (χ3v) is 4.71. The summed E-state index contributed by atoms with van der Waals surface area (Å²) in [6, 6.07) is 29.6. The van der Waals surface area contributed by atoms with Crippen LogP contribution in [0, 0.1) is 0 Å². The number of hydrogen-bond acceptors (Lipinski definition) is 5. The number of nitrogens with zero attached hydrogens (tertiary/aromatic N) is 1. The molecule has 1 heterocycles. The molecule has 0 fully saturated rings. The summed E-state index contributed by atoms with van der Waals surface area (Å²) >= 11 is 5.30. The molecule has 1 aromatic heterocycles. The van der Waals surface area contributed by atoms with Crippen LogP contribution in [0.4, 0.5) is 0 Å². The van der Waals surface area contributed by atoms with Gasteiger partial charge in [0.15, 0.2) is 17.3 Å². The molecule has 0 bridgehead atoms. The van der Waals surface area contributed by atoms with E-state index in [9.17, 15) is 19.2 Å². The summed E-state index contributed by atoms with van der Waals surface area (Å²) in [5, 5.41) is 6.77. The summed E-state index contributed by atoms with van der Waals surface area (Å²) in [7, 11) is 0. The summed E-state index contributed by atoms with van der Waals surface area (Å²) in [4.78, 5) is 43.5. The second-order valence-electron chi connectivity index (χ2n) is 7.73. The summed E-state index contributed by atoms with van der Waals surface area (Å²) in [5.41, 5.74) is 3.74. The van der Waals surface area contributed by atoms with Crippen molar-refractivity contribution in [3.63, 3.8) is 0 Å². The number of rotatable bonds is 6. The van der Waals surface area contributed by atoms with Crippen molar-refractivity contribution in [2.45, 2.75) is 68.7 Å². The standard InChI is InChI=1S/C11H10N2O.C10H10O2.C8H8O.3C2H6.I3/c1-8(14)10-7-11(13-12-10)9-5-3-2-4-6-9;1-8(11)7-10(12)9-5-3-2-4-6-9;1-7(9)8-5-3-2-4-6-8;3*1-2;1-3-2/h2-7H,1H3,(H,12,13);2-6H,7H2,1H3;2-6H,1H3;3*1-2H3;/q;;;;;;-1. The second-order valence-corrected chi connectivity index (χ2v) is 24.0. The second kappa shape index (κ2) is 32.1. The van der Waals surface area contributed by atoms with Crippen molar-refractivity contribution in [1.29, 1.82) is 0 Å². The first-order valence-electron chi connectivity index (χ1n) is 14.3. The Hall–Kier alpha value is -2.26. The van der Waals surface area contributed by atoms with Crippen molar-refractivity contribution in [3.05, 3.63) is 114 Å². The fourth-order valence-electron chi connectivity index (χ4n) is 2.88. The summed E-state index contributed by atoms with van der Waals surface area (Å²) in [6.45, 7) is 16.5. The predicted octanol–water partition coefficient (Wildman–Crippen LogP) is 7.87. The van der Waals surface area contributed by atoms with Crippen molar-refractivity contribution in [2.75, 3.05) is 0 Å². The topological polar surface area (TPSA) is 97.0 Å². The van der Waals surface area contributed by atoms with Crippen LogP contribution in [0.25, 0.3) is 11.3 Å². The SMILES string of the molecule is CC.CC.CC.CC(=O)CC(=O)c1ccccc1.CC(=O)c1cc(-c2ccccc2)n[nH]1.CC(=O)c1ccccc1.I[I-]I. The van der Waals surface area contributed by atoms with Gasteiger partial charge in [0.1, 0.15) is 11.5 Å². The Balaban J connectivity index is -0.000000513. The Labute approximate surface area is 294 Å². The first-order chi connectivity index (χ1) is 21.2. The molecule has 6 nitrogen and oxygen atoms in total. The van der Waals surface area contributed by atoms with Crippen LogP contribution in [-0.4, -0.2) is 33.3 Å². The Morgan fingerprint density at radius 1 is 0.636 bits per heavy atom. The minimum absolute atomic E-state index is 0.000295. The van der Waals surface area contributed by atoms with Crippen molar-refractivity contribution in [2.24, 2.45) is 0 Å². The number of carbonyl (C=O) groups excluding carboxylic acids is 4. The van der Waals surface area contributed by atoms with Gasteiger partial charge in [-0.1, -0.05) is 133 Å². The average Bonchev–Trinajstić information content (AvgIpc) is 3.57. The molecule has 9 heteroatoms. The van der Waals surface area contributed by atoms with E-state index >= 15 is 0 Å². The Bertz CT molecular complexity index is 1280. The molecule has 0 atom stereocenters. The Morgan fingerprint density at radius 3 is 1.34 bits per heavy atom. The van der Waals surface area contributed by atoms with E-state index in [1.54, 1.807) is 37.3 Å². The molecule has 0 saturated heterocycles.